The fourth-order valence-corrected chi connectivity index (χ4v) is 7.20. The van der Waals surface area contributed by atoms with Gasteiger partial charge in [0.25, 0.3) is 0 Å². The van der Waals surface area contributed by atoms with E-state index in [0.29, 0.717) is 0 Å². The monoisotopic (exact) mass is 865 g/mol. The molecule has 0 aromatic heterocycles. The van der Waals surface area contributed by atoms with Crippen molar-refractivity contribution in [3.63, 3.8) is 0 Å². The molecule has 0 nitrogen and oxygen atoms in total. The van der Waals surface area contributed by atoms with E-state index in [2.05, 4.69) is 109 Å². The average Bonchev–Trinajstić information content (AvgIpc) is 2.80. The van der Waals surface area contributed by atoms with Crippen LogP contribution in [0.3, 0.4) is 0 Å². The van der Waals surface area contributed by atoms with Crippen LogP contribution in [0.25, 0.3) is 0 Å². The van der Waals surface area contributed by atoms with Crippen molar-refractivity contribution < 1.29 is 94.3 Å². The second-order valence-corrected chi connectivity index (χ2v) is 15.3. The summed E-state index contributed by atoms with van der Waals surface area (Å²) in [5.41, 5.74) is 2.78. The first kappa shape index (κ1) is 41.5. The molecule has 0 saturated heterocycles. The second kappa shape index (κ2) is 18.8. The van der Waals surface area contributed by atoms with Crippen molar-refractivity contribution in [2.24, 2.45) is 0 Å². The van der Waals surface area contributed by atoms with Gasteiger partial charge >= 0.3 is 80.1 Å². The molecule has 228 valence electrons. The van der Waals surface area contributed by atoms with Crippen LogP contribution >= 0.6 is 16.7 Å². The molecular weight excluding hydrogens is 844 g/mol. The average molecular weight is 865 g/mol. The molecule has 0 bridgehead atoms. The maximum Gasteiger partial charge on any atom is 0.755 e. The molecule has 0 N–H and O–H groups in total. The molecule has 16 heteroatoms. The number of hydrogen-bond acceptors (Lipinski definition) is 0. The fraction of sp³-hybridized carbons (Fsp3) is 0.0400. The van der Waals surface area contributed by atoms with Crippen molar-refractivity contribution in [2.45, 2.75) is 6.42 Å². The van der Waals surface area contributed by atoms with Gasteiger partial charge in [0, 0.05) is 0 Å². The van der Waals surface area contributed by atoms with Gasteiger partial charge in [-0.2, -0.15) is 0 Å². The molecule has 4 aromatic rings. The summed E-state index contributed by atoms with van der Waals surface area (Å²) in [6, 6.07) is 40.1. The third kappa shape index (κ3) is 23.6. The van der Waals surface area contributed by atoms with Gasteiger partial charge in [0.05, 0.1) is 16.8 Å². The summed E-state index contributed by atoms with van der Waals surface area (Å²) < 4.78 is 94.3. The predicted octanol–water partition coefficient (Wildman–Crippen LogP) is -0.801. The van der Waals surface area contributed by atoms with Crippen LogP contribution in [-0.2, 0) is 6.42 Å². The Morgan fingerprint density at radius 3 is 0.927 bits per heavy atom. The molecule has 0 unspecified atom stereocenters. The summed E-state index contributed by atoms with van der Waals surface area (Å²) in [5.74, 6) is 0. The number of benzene rings is 4. The van der Waals surface area contributed by atoms with Crippen LogP contribution in [0, 0.1) is 14.3 Å². The standard InChI is InChI=1S/C25H20I2.F5P.F4P.3FH/c1-3-7-22(8-4-1)26-24-15-11-20(12-16-24)19-21-13-17-25(18-14-21)27-23-9-5-2-6-10-23;1-6(2,3,4)5;1-5(2,3)4;;;/h1-18H,19H2;;;3*1H/q+2;;+1;;;/p-2. The number of halogens is 14. The van der Waals surface area contributed by atoms with Crippen LogP contribution in [0.4, 0.5) is 42.5 Å². The Bertz CT molecular complexity index is 1130. The largest absolute Gasteiger partial charge is 1.00 e. The van der Waals surface area contributed by atoms with Crippen LogP contribution in [-0.4, -0.2) is 0 Å². The Labute approximate surface area is 250 Å². The first-order chi connectivity index (χ1) is 17.6. The van der Waals surface area contributed by atoms with Crippen LogP contribution in [0.1, 0.15) is 11.1 Å². The van der Waals surface area contributed by atoms with Gasteiger partial charge < -0.3 is 9.41 Å². The zero-order chi connectivity index (χ0) is 28.3. The van der Waals surface area contributed by atoms with E-state index in [1.165, 1.54) is 25.4 Å². The van der Waals surface area contributed by atoms with E-state index >= 15 is 0 Å². The molecule has 0 atom stereocenters. The van der Waals surface area contributed by atoms with E-state index in [9.17, 15) is 37.8 Å². The summed E-state index contributed by atoms with van der Waals surface area (Å²) in [6.45, 7) is 0. The smallest absolute Gasteiger partial charge is 0.755 e. The van der Waals surface area contributed by atoms with Gasteiger partial charge in [0.2, 0.25) is 0 Å². The Hall–Kier alpha value is -1.64. The third-order valence-corrected chi connectivity index (χ3v) is 9.51. The molecule has 0 aliphatic rings. The molecule has 0 heterocycles. The van der Waals surface area contributed by atoms with Gasteiger partial charge in [0.1, 0.15) is 0 Å². The molecule has 0 amide bonds. The van der Waals surface area contributed by atoms with Crippen molar-refractivity contribution >= 4 is 16.7 Å². The van der Waals surface area contributed by atoms with Gasteiger partial charge in [-0.1, -0.05) is 60.7 Å². The molecule has 41 heavy (non-hydrogen) atoms. The van der Waals surface area contributed by atoms with E-state index in [1.807, 2.05) is 0 Å². The van der Waals surface area contributed by atoms with Crippen LogP contribution in [0.5, 0.6) is 0 Å². The summed E-state index contributed by atoms with van der Waals surface area (Å²) in [4.78, 5) is 0. The first-order valence-corrected chi connectivity index (χ1v) is 17.8. The van der Waals surface area contributed by atoms with Crippen molar-refractivity contribution in [1.82, 2.24) is 0 Å². The van der Waals surface area contributed by atoms with Crippen molar-refractivity contribution in [3.8, 4) is 0 Å². The molecule has 4 aromatic carbocycles. The van der Waals surface area contributed by atoms with Gasteiger partial charge in [-0.25, -0.2) is 0 Å². The summed E-state index contributed by atoms with van der Waals surface area (Å²) >= 11 is -0.141. The molecule has 0 aliphatic heterocycles. The zero-order valence-electron chi connectivity index (χ0n) is 20.3. The Morgan fingerprint density at radius 1 is 0.463 bits per heavy atom. The normalized spacial score (nSPS) is 11.3. The molecule has 0 aliphatic carbocycles. The Morgan fingerprint density at radius 2 is 0.683 bits per heavy atom. The second-order valence-electron chi connectivity index (χ2n) is 7.23. The van der Waals surface area contributed by atoms with Crippen molar-refractivity contribution in [3.05, 3.63) is 135 Å². The summed E-state index contributed by atoms with van der Waals surface area (Å²) in [7, 11) is -14.9. The predicted molar refractivity (Wildman–Crippen MR) is 130 cm³/mol. The maximum absolute atomic E-state index is 9.84. The first-order valence-electron chi connectivity index (χ1n) is 10.4. The zero-order valence-corrected chi connectivity index (χ0v) is 26.4. The van der Waals surface area contributed by atoms with Crippen molar-refractivity contribution in [1.29, 1.82) is 0 Å². The molecule has 0 saturated carbocycles. The minimum atomic E-state index is -8.55. The summed E-state index contributed by atoms with van der Waals surface area (Å²) in [5, 5.41) is 0. The minimum absolute atomic E-state index is 0. The maximum atomic E-state index is 9.84. The van der Waals surface area contributed by atoms with Crippen LogP contribution < -0.4 is 51.8 Å². The molecule has 0 radical (unpaired) electrons. The molecule has 0 spiro atoms. The number of rotatable bonds is 6. The third-order valence-electron chi connectivity index (χ3n) is 4.14. The fourth-order valence-electron chi connectivity index (χ4n) is 2.77. The van der Waals surface area contributed by atoms with E-state index in [0.717, 1.165) is 6.42 Å². The van der Waals surface area contributed by atoms with Gasteiger partial charge in [0.15, 0.2) is 14.3 Å². The molecular formula is C25H21F12I2P2+. The van der Waals surface area contributed by atoms with Crippen molar-refractivity contribution in [2.75, 3.05) is 0 Å². The van der Waals surface area contributed by atoms with Crippen LogP contribution in [0.15, 0.2) is 109 Å². The van der Waals surface area contributed by atoms with Gasteiger partial charge in [-0.15, -0.1) is 0 Å². The topological polar surface area (TPSA) is 0 Å². The number of hydrogen-bond donors (Lipinski definition) is 0. The summed E-state index contributed by atoms with van der Waals surface area (Å²) in [6.07, 6.45) is 1.01. The Balaban J connectivity index is 0. The van der Waals surface area contributed by atoms with E-state index < -0.39 is 16.7 Å². The van der Waals surface area contributed by atoms with Gasteiger partial charge in [-0.05, 0) is 66.1 Å². The Kier molecular flexibility index (Phi) is 19.0. The molecule has 4 rings (SSSR count). The minimum Gasteiger partial charge on any atom is -1.00 e. The quantitative estimate of drug-likeness (QED) is 0.136. The van der Waals surface area contributed by atoms with E-state index in [1.54, 1.807) is 0 Å². The van der Waals surface area contributed by atoms with Crippen LogP contribution in [0.2, 0.25) is 0 Å². The van der Waals surface area contributed by atoms with Gasteiger partial charge in [-0.3, -0.25) is 4.70 Å². The van der Waals surface area contributed by atoms with E-state index in [4.69, 9.17) is 0 Å². The SMILES string of the molecule is F.FP(F)(F)(F)F.F[P+](F)(F)F.[F-].[F-].c1ccc([I+]c2ccc(Cc3ccc([I+]c4ccccc4)cc3)cc2)cc1. The van der Waals surface area contributed by atoms with E-state index in [-0.39, 0.29) is 56.5 Å². The molecule has 0 fully saturated rings.